The van der Waals surface area contributed by atoms with Crippen LogP contribution >= 0.6 is 0 Å². The average Bonchev–Trinajstić information content (AvgIpc) is 2.72. The summed E-state index contributed by atoms with van der Waals surface area (Å²) >= 11 is 0. The molecule has 0 saturated heterocycles. The van der Waals surface area contributed by atoms with E-state index in [1.807, 2.05) is 0 Å². The van der Waals surface area contributed by atoms with E-state index in [4.69, 9.17) is 12.2 Å². The zero-order valence-electron chi connectivity index (χ0n) is 9.55. The van der Waals surface area contributed by atoms with E-state index in [-0.39, 0.29) is 0 Å². The molecule has 1 fully saturated rings. The van der Waals surface area contributed by atoms with Crippen molar-refractivity contribution in [1.82, 2.24) is 0 Å². The number of fused-ring (bicyclic) bond motifs is 1. The molecule has 0 bridgehead atoms. The molecule has 2 aliphatic rings. The number of aliphatic hydroxyl groups excluding tert-OH is 3. The quantitative estimate of drug-likeness (QED) is 0.418. The molecular formula is C11H15N3O4. The van der Waals surface area contributed by atoms with Crippen molar-refractivity contribution >= 4 is 5.78 Å². The normalized spacial score (nSPS) is 44.5. The van der Waals surface area contributed by atoms with Crippen LogP contribution in [-0.4, -0.2) is 52.1 Å². The third-order valence-corrected chi connectivity index (χ3v) is 3.72. The first-order chi connectivity index (χ1) is 8.52. The maximum absolute atomic E-state index is 12.0. The van der Waals surface area contributed by atoms with Crippen LogP contribution in [0.15, 0.2) is 10.2 Å². The molecule has 1 heterocycles. The third-order valence-electron chi connectivity index (χ3n) is 3.72. The van der Waals surface area contributed by atoms with Gasteiger partial charge in [0, 0.05) is 11.8 Å². The molecule has 1 aliphatic carbocycles. The predicted octanol–water partition coefficient (Wildman–Crippen LogP) is -2.12. The number of Topliss-reactive ketones (excluding diaryl/α,β-unsaturated/α-hetero) is 1. The van der Waals surface area contributed by atoms with Gasteiger partial charge >= 0.3 is 0 Å². The molecule has 0 spiro atoms. The first kappa shape index (κ1) is 13.1. The Hall–Kier alpha value is -1.33. The van der Waals surface area contributed by atoms with E-state index >= 15 is 0 Å². The Bertz CT molecular complexity index is 419. The van der Waals surface area contributed by atoms with Crippen LogP contribution in [-0.2, 0) is 4.79 Å². The van der Waals surface area contributed by atoms with E-state index in [0.717, 1.165) is 0 Å². The Morgan fingerprint density at radius 1 is 1.50 bits per heavy atom. The summed E-state index contributed by atoms with van der Waals surface area (Å²) in [5, 5.41) is 36.5. The summed E-state index contributed by atoms with van der Waals surface area (Å²) in [6, 6.07) is -0.839. The lowest BCUT2D eigenvalue weighted by atomic mass is 9.66. The number of nitrogens with zero attached hydrogens (tertiary/aromatic N) is 2. The molecule has 0 aromatic rings. The largest absolute Gasteiger partial charge is 0.396 e. The van der Waals surface area contributed by atoms with Gasteiger partial charge in [0.05, 0.1) is 18.6 Å². The predicted molar refractivity (Wildman–Crippen MR) is 60.0 cm³/mol. The van der Waals surface area contributed by atoms with Crippen LogP contribution in [0.4, 0.5) is 0 Å². The Balaban J connectivity index is 2.38. The van der Waals surface area contributed by atoms with Crippen molar-refractivity contribution < 1.29 is 20.1 Å². The number of carbonyl (C=O) groups excluding carboxylic acids is 1. The van der Waals surface area contributed by atoms with E-state index in [1.165, 1.54) is 0 Å². The van der Waals surface area contributed by atoms with Gasteiger partial charge in [-0.05, 0) is 0 Å². The first-order valence-electron chi connectivity index (χ1n) is 5.65. The fourth-order valence-electron chi connectivity index (χ4n) is 2.76. The molecule has 0 aromatic heterocycles. The van der Waals surface area contributed by atoms with Gasteiger partial charge in [-0.25, -0.2) is 0 Å². The molecule has 0 aromatic carbocycles. The zero-order chi connectivity index (χ0) is 13.4. The fourth-order valence-corrected chi connectivity index (χ4v) is 2.76. The van der Waals surface area contributed by atoms with Crippen molar-refractivity contribution in [3.05, 3.63) is 0 Å². The summed E-state index contributed by atoms with van der Waals surface area (Å²) in [7, 11) is 0. The summed E-state index contributed by atoms with van der Waals surface area (Å²) < 4.78 is 0. The average molecular weight is 253 g/mol. The smallest absolute Gasteiger partial charge is 0.167 e. The molecule has 7 heteroatoms. The van der Waals surface area contributed by atoms with Gasteiger partial charge in [-0.2, -0.15) is 10.2 Å². The maximum atomic E-state index is 12.0. The molecule has 0 radical (unpaired) electrons. The zero-order valence-corrected chi connectivity index (χ0v) is 9.55. The molecule has 0 amide bonds. The van der Waals surface area contributed by atoms with E-state index in [1.54, 1.807) is 0 Å². The van der Waals surface area contributed by atoms with Crippen LogP contribution in [0, 0.1) is 30.1 Å². The van der Waals surface area contributed by atoms with Gasteiger partial charge in [0.1, 0.15) is 18.3 Å². The van der Waals surface area contributed by atoms with E-state index in [0.29, 0.717) is 0 Å². The highest BCUT2D eigenvalue weighted by atomic mass is 16.3. The van der Waals surface area contributed by atoms with Gasteiger partial charge in [0.2, 0.25) is 0 Å². The van der Waals surface area contributed by atoms with Gasteiger partial charge in [0.25, 0.3) is 0 Å². The van der Waals surface area contributed by atoms with Gasteiger partial charge in [-0.3, -0.25) is 4.79 Å². The second-order valence-electron chi connectivity index (χ2n) is 4.61. The molecule has 2 rings (SSSR count). The summed E-state index contributed by atoms with van der Waals surface area (Å²) in [5.74, 6) is -0.743. The monoisotopic (exact) mass is 253 g/mol. The van der Waals surface area contributed by atoms with Gasteiger partial charge in [-0.1, -0.05) is 5.92 Å². The van der Waals surface area contributed by atoms with E-state index < -0.39 is 54.6 Å². The molecule has 1 aliphatic heterocycles. The molecule has 1 saturated carbocycles. The van der Waals surface area contributed by atoms with Crippen molar-refractivity contribution in [2.24, 2.45) is 33.7 Å². The van der Waals surface area contributed by atoms with Crippen LogP contribution in [0.3, 0.4) is 0 Å². The number of hydrogen-bond acceptors (Lipinski definition) is 7. The van der Waals surface area contributed by atoms with E-state index in [9.17, 15) is 20.1 Å². The lowest BCUT2D eigenvalue weighted by molar-refractivity contribution is -0.144. The summed E-state index contributed by atoms with van der Waals surface area (Å²) in [6.45, 7) is -0.526. The number of aliphatic hydroxyl groups is 3. The number of carbonyl (C=O) groups is 1. The van der Waals surface area contributed by atoms with Gasteiger partial charge < -0.3 is 21.1 Å². The Morgan fingerprint density at radius 3 is 2.72 bits per heavy atom. The van der Waals surface area contributed by atoms with Gasteiger partial charge in [-0.15, -0.1) is 6.42 Å². The highest BCUT2D eigenvalue weighted by Gasteiger charge is 2.55. The van der Waals surface area contributed by atoms with Crippen molar-refractivity contribution in [3.63, 3.8) is 0 Å². The molecule has 7 unspecified atom stereocenters. The molecule has 7 atom stereocenters. The highest BCUT2D eigenvalue weighted by Crippen LogP contribution is 2.40. The minimum absolute atomic E-state index is 0.410. The minimum Gasteiger partial charge on any atom is -0.396 e. The van der Waals surface area contributed by atoms with Crippen LogP contribution in [0.2, 0.25) is 0 Å². The number of ketones is 1. The van der Waals surface area contributed by atoms with Crippen molar-refractivity contribution in [3.8, 4) is 12.3 Å². The van der Waals surface area contributed by atoms with Crippen LogP contribution in [0.5, 0.6) is 0 Å². The van der Waals surface area contributed by atoms with Crippen LogP contribution in [0.25, 0.3) is 0 Å². The SMILES string of the molecule is C#CC(O)C1C(O)C(CO)C(=O)C2N=NC(N)C21. The van der Waals surface area contributed by atoms with E-state index in [2.05, 4.69) is 16.1 Å². The lowest BCUT2D eigenvalue weighted by Gasteiger charge is -2.41. The number of azo groups is 1. The van der Waals surface area contributed by atoms with Crippen LogP contribution in [0.1, 0.15) is 0 Å². The topological polar surface area (TPSA) is 128 Å². The van der Waals surface area contributed by atoms with Crippen LogP contribution < -0.4 is 5.73 Å². The van der Waals surface area contributed by atoms with Gasteiger partial charge in [0.15, 0.2) is 5.78 Å². The maximum Gasteiger partial charge on any atom is 0.167 e. The Labute approximate surface area is 104 Å². The lowest BCUT2D eigenvalue weighted by Crippen LogP contribution is -2.58. The highest BCUT2D eigenvalue weighted by molar-refractivity contribution is 5.88. The fraction of sp³-hybridized carbons (Fsp3) is 0.727. The minimum atomic E-state index is -1.26. The standard InChI is InChI=1S/C11H15N3O4/c1-2-5(16)6-7-8(13-14-11(7)12)10(18)4(3-15)9(6)17/h1,4-9,11,15-17H,3,12H2. The molecule has 98 valence electrons. The summed E-state index contributed by atoms with van der Waals surface area (Å²) in [6.07, 6.45) is 1.87. The molecule has 5 N–H and O–H groups in total. The van der Waals surface area contributed by atoms with Crippen molar-refractivity contribution in [1.29, 1.82) is 0 Å². The molecular weight excluding hydrogens is 238 g/mol. The summed E-state index contributed by atoms with van der Waals surface area (Å²) in [4.78, 5) is 12.0. The number of terminal acetylenes is 1. The first-order valence-corrected chi connectivity index (χ1v) is 5.65. The summed E-state index contributed by atoms with van der Waals surface area (Å²) in [5.41, 5.74) is 5.72. The molecule has 7 nitrogen and oxygen atoms in total. The Morgan fingerprint density at radius 2 is 2.17 bits per heavy atom. The number of rotatable bonds is 2. The van der Waals surface area contributed by atoms with Crippen molar-refractivity contribution in [2.45, 2.75) is 24.4 Å². The molecule has 18 heavy (non-hydrogen) atoms. The second-order valence-corrected chi connectivity index (χ2v) is 4.61. The number of nitrogens with two attached hydrogens (primary N) is 1. The van der Waals surface area contributed by atoms with Crippen molar-refractivity contribution in [2.75, 3.05) is 6.61 Å². The number of hydrogen-bond donors (Lipinski definition) is 4. The second kappa shape index (κ2) is 4.74. The Kier molecular flexibility index (Phi) is 3.45. The third kappa shape index (κ3) is 1.74.